The van der Waals surface area contributed by atoms with Gasteiger partial charge in [0, 0.05) is 15.8 Å². The van der Waals surface area contributed by atoms with E-state index in [4.69, 9.17) is 9.47 Å². The molecule has 2 rings (SSSR count). The predicted molar refractivity (Wildman–Crippen MR) is 80.2 cm³/mol. The fraction of sp³-hybridized carbons (Fsp3) is 0.286. The molecule has 1 aromatic heterocycles. The SMILES string of the molecule is COc1cc(Br)c(C(O)Cc2cccs2)cc1OC. The lowest BCUT2D eigenvalue weighted by atomic mass is 10.1. The number of rotatable bonds is 5. The van der Waals surface area contributed by atoms with E-state index in [9.17, 15) is 5.11 Å². The van der Waals surface area contributed by atoms with Gasteiger partial charge in [-0.15, -0.1) is 11.3 Å². The number of methoxy groups -OCH3 is 2. The van der Waals surface area contributed by atoms with E-state index in [0.29, 0.717) is 17.9 Å². The van der Waals surface area contributed by atoms with Gasteiger partial charge < -0.3 is 14.6 Å². The van der Waals surface area contributed by atoms with Crippen molar-refractivity contribution in [2.24, 2.45) is 0 Å². The second kappa shape index (κ2) is 6.41. The Morgan fingerprint density at radius 1 is 1.26 bits per heavy atom. The van der Waals surface area contributed by atoms with Crippen LogP contribution in [0.5, 0.6) is 11.5 Å². The molecule has 1 atom stereocenters. The van der Waals surface area contributed by atoms with E-state index in [1.165, 1.54) is 0 Å². The molecule has 0 fully saturated rings. The number of hydrogen-bond donors (Lipinski definition) is 1. The molecule has 2 aromatic rings. The standard InChI is InChI=1S/C14H15BrO3S/c1-17-13-7-10(11(15)8-14(13)18-2)12(16)6-9-4-3-5-19-9/h3-5,7-8,12,16H,6H2,1-2H3. The first-order valence-corrected chi connectivity index (χ1v) is 7.44. The highest BCUT2D eigenvalue weighted by Crippen LogP contribution is 2.37. The average molecular weight is 343 g/mol. The second-order valence-corrected chi connectivity index (χ2v) is 5.91. The first-order chi connectivity index (χ1) is 9.15. The summed E-state index contributed by atoms with van der Waals surface area (Å²) in [6.45, 7) is 0. The van der Waals surface area contributed by atoms with E-state index < -0.39 is 6.10 Å². The molecule has 5 heteroatoms. The maximum absolute atomic E-state index is 10.3. The van der Waals surface area contributed by atoms with E-state index in [2.05, 4.69) is 15.9 Å². The van der Waals surface area contributed by atoms with Crippen LogP contribution in [-0.2, 0) is 6.42 Å². The molecule has 0 saturated heterocycles. The molecule has 0 bridgehead atoms. The van der Waals surface area contributed by atoms with E-state index >= 15 is 0 Å². The molecule has 3 nitrogen and oxygen atoms in total. The summed E-state index contributed by atoms with van der Waals surface area (Å²) in [5, 5.41) is 12.3. The van der Waals surface area contributed by atoms with Gasteiger partial charge in [0.1, 0.15) is 0 Å². The molecule has 0 spiro atoms. The first kappa shape index (κ1) is 14.4. The normalized spacial score (nSPS) is 12.2. The Hall–Kier alpha value is -1.04. The van der Waals surface area contributed by atoms with Crippen molar-refractivity contribution in [1.29, 1.82) is 0 Å². The summed E-state index contributed by atoms with van der Waals surface area (Å²) >= 11 is 5.10. The van der Waals surface area contributed by atoms with Gasteiger partial charge in [0.05, 0.1) is 20.3 Å². The largest absolute Gasteiger partial charge is 0.493 e. The van der Waals surface area contributed by atoms with Crippen LogP contribution in [-0.4, -0.2) is 19.3 Å². The minimum atomic E-state index is -0.576. The molecule has 102 valence electrons. The highest BCUT2D eigenvalue weighted by molar-refractivity contribution is 9.10. The number of halogens is 1. The molecule has 1 heterocycles. The van der Waals surface area contributed by atoms with Gasteiger partial charge in [-0.1, -0.05) is 22.0 Å². The van der Waals surface area contributed by atoms with Crippen molar-refractivity contribution in [3.05, 3.63) is 44.6 Å². The Morgan fingerprint density at radius 3 is 2.53 bits per heavy atom. The Labute approximate surface area is 124 Å². The summed E-state index contributed by atoms with van der Waals surface area (Å²) < 4.78 is 11.3. The van der Waals surface area contributed by atoms with Crippen LogP contribution in [0, 0.1) is 0 Å². The molecule has 0 aliphatic carbocycles. The number of aliphatic hydroxyl groups is 1. The number of aliphatic hydroxyl groups excluding tert-OH is 1. The molecule has 1 N–H and O–H groups in total. The van der Waals surface area contributed by atoms with Gasteiger partial charge in [0.15, 0.2) is 11.5 Å². The van der Waals surface area contributed by atoms with E-state index in [-0.39, 0.29) is 0 Å². The topological polar surface area (TPSA) is 38.7 Å². The summed E-state index contributed by atoms with van der Waals surface area (Å²) in [4.78, 5) is 1.15. The lowest BCUT2D eigenvalue weighted by Crippen LogP contribution is -2.03. The zero-order valence-corrected chi connectivity index (χ0v) is 13.1. The zero-order chi connectivity index (χ0) is 13.8. The minimum absolute atomic E-state index is 0.576. The predicted octanol–water partition coefficient (Wildman–Crippen LogP) is 3.80. The van der Waals surface area contributed by atoms with E-state index in [1.807, 2.05) is 23.6 Å². The number of ether oxygens (including phenoxy) is 2. The molecule has 0 aliphatic heterocycles. The third-order valence-electron chi connectivity index (χ3n) is 2.84. The van der Waals surface area contributed by atoms with Crippen LogP contribution in [0.1, 0.15) is 16.5 Å². The molecule has 0 amide bonds. The van der Waals surface area contributed by atoms with E-state index in [0.717, 1.165) is 14.9 Å². The van der Waals surface area contributed by atoms with Gasteiger partial charge in [0.25, 0.3) is 0 Å². The zero-order valence-electron chi connectivity index (χ0n) is 10.7. The van der Waals surface area contributed by atoms with Gasteiger partial charge in [-0.3, -0.25) is 0 Å². The van der Waals surface area contributed by atoms with Crippen LogP contribution < -0.4 is 9.47 Å². The van der Waals surface area contributed by atoms with Crippen molar-refractivity contribution in [2.75, 3.05) is 14.2 Å². The third-order valence-corrected chi connectivity index (χ3v) is 4.42. The lowest BCUT2D eigenvalue weighted by Gasteiger charge is -2.15. The molecule has 0 radical (unpaired) electrons. The van der Waals surface area contributed by atoms with Crippen molar-refractivity contribution < 1.29 is 14.6 Å². The summed E-state index contributed by atoms with van der Waals surface area (Å²) in [6.07, 6.45) is 0.0130. The Bertz CT molecular complexity index is 540. The third kappa shape index (κ3) is 3.29. The molecule has 1 unspecified atom stereocenters. The summed E-state index contributed by atoms with van der Waals surface area (Å²) in [7, 11) is 3.17. The number of benzene rings is 1. The van der Waals surface area contributed by atoms with Crippen molar-refractivity contribution in [3.63, 3.8) is 0 Å². The summed E-state index contributed by atoms with van der Waals surface area (Å²) in [5.41, 5.74) is 0.797. The van der Waals surface area contributed by atoms with Gasteiger partial charge in [0.2, 0.25) is 0 Å². The van der Waals surface area contributed by atoms with Crippen LogP contribution >= 0.6 is 27.3 Å². The fourth-order valence-corrected chi connectivity index (χ4v) is 3.18. The smallest absolute Gasteiger partial charge is 0.161 e. The molecule has 1 aromatic carbocycles. The molecular formula is C14H15BrO3S. The van der Waals surface area contributed by atoms with Crippen molar-refractivity contribution in [3.8, 4) is 11.5 Å². The van der Waals surface area contributed by atoms with Crippen LogP contribution in [0.2, 0.25) is 0 Å². The van der Waals surface area contributed by atoms with Crippen molar-refractivity contribution in [2.45, 2.75) is 12.5 Å². The quantitative estimate of drug-likeness (QED) is 0.897. The van der Waals surface area contributed by atoms with Gasteiger partial charge >= 0.3 is 0 Å². The van der Waals surface area contributed by atoms with Gasteiger partial charge in [-0.25, -0.2) is 0 Å². The van der Waals surface area contributed by atoms with Crippen LogP contribution in [0.15, 0.2) is 34.1 Å². The van der Waals surface area contributed by atoms with Crippen LogP contribution in [0.3, 0.4) is 0 Å². The van der Waals surface area contributed by atoms with Gasteiger partial charge in [-0.05, 0) is 29.1 Å². The average Bonchev–Trinajstić information content (AvgIpc) is 2.90. The highest BCUT2D eigenvalue weighted by Gasteiger charge is 2.16. The number of thiophene rings is 1. The summed E-state index contributed by atoms with van der Waals surface area (Å²) in [6, 6.07) is 7.62. The fourth-order valence-electron chi connectivity index (χ4n) is 1.85. The molecule has 0 aliphatic rings. The minimum Gasteiger partial charge on any atom is -0.493 e. The summed E-state index contributed by atoms with van der Waals surface area (Å²) in [5.74, 6) is 1.26. The molecular weight excluding hydrogens is 328 g/mol. The molecule has 0 saturated carbocycles. The first-order valence-electron chi connectivity index (χ1n) is 5.77. The Balaban J connectivity index is 2.28. The van der Waals surface area contributed by atoms with Crippen molar-refractivity contribution >= 4 is 27.3 Å². The Kier molecular flexibility index (Phi) is 4.85. The van der Waals surface area contributed by atoms with E-state index in [1.54, 1.807) is 31.6 Å². The molecule has 19 heavy (non-hydrogen) atoms. The monoisotopic (exact) mass is 342 g/mol. The Morgan fingerprint density at radius 2 is 1.95 bits per heavy atom. The maximum Gasteiger partial charge on any atom is 0.161 e. The maximum atomic E-state index is 10.3. The van der Waals surface area contributed by atoms with Gasteiger partial charge in [-0.2, -0.15) is 0 Å². The lowest BCUT2D eigenvalue weighted by molar-refractivity contribution is 0.178. The highest BCUT2D eigenvalue weighted by atomic mass is 79.9. The van der Waals surface area contributed by atoms with Crippen molar-refractivity contribution in [1.82, 2.24) is 0 Å². The van der Waals surface area contributed by atoms with Crippen LogP contribution in [0.25, 0.3) is 0 Å². The number of hydrogen-bond acceptors (Lipinski definition) is 4. The second-order valence-electron chi connectivity index (χ2n) is 4.03. The van der Waals surface area contributed by atoms with Crippen LogP contribution in [0.4, 0.5) is 0 Å².